The summed E-state index contributed by atoms with van der Waals surface area (Å²) >= 11 is 11.2. The van der Waals surface area contributed by atoms with Gasteiger partial charge in [0, 0.05) is 15.2 Å². The van der Waals surface area contributed by atoms with Crippen molar-refractivity contribution >= 4 is 50.3 Å². The van der Waals surface area contributed by atoms with Crippen molar-refractivity contribution < 1.29 is 0 Å². The van der Waals surface area contributed by atoms with E-state index in [-0.39, 0.29) is 5.56 Å². The van der Waals surface area contributed by atoms with E-state index < -0.39 is 0 Å². The van der Waals surface area contributed by atoms with Gasteiger partial charge in [0.2, 0.25) is 0 Å². The van der Waals surface area contributed by atoms with Crippen LogP contribution in [0.4, 0.5) is 0 Å². The third-order valence-electron chi connectivity index (χ3n) is 4.12. The Morgan fingerprint density at radius 1 is 1.26 bits per heavy atom. The van der Waals surface area contributed by atoms with E-state index in [0.717, 1.165) is 21.3 Å². The quantitative estimate of drug-likeness (QED) is 0.338. The standard InChI is InChI=1S/C19H14BrClN4OS/c1-11-5-6-14(21)8-16(11)25-18(26)15-9-22-24-17(15)23-19(25)27-10-12-3-2-4-13(20)7-12/h2-9H,10H2,1H3,(H,22,24). The van der Waals surface area contributed by atoms with E-state index in [2.05, 4.69) is 37.2 Å². The number of aromatic amines is 1. The van der Waals surface area contributed by atoms with Crippen molar-refractivity contribution in [3.63, 3.8) is 0 Å². The minimum absolute atomic E-state index is 0.171. The van der Waals surface area contributed by atoms with Crippen molar-refractivity contribution in [3.8, 4) is 5.69 Å². The number of nitrogens with one attached hydrogen (secondary N) is 1. The number of aromatic nitrogens is 4. The molecule has 0 aliphatic carbocycles. The number of nitrogens with zero attached hydrogens (tertiary/aromatic N) is 3. The highest BCUT2D eigenvalue weighted by atomic mass is 79.9. The van der Waals surface area contributed by atoms with Gasteiger partial charge in [-0.25, -0.2) is 4.98 Å². The zero-order chi connectivity index (χ0) is 19.0. The second-order valence-electron chi connectivity index (χ2n) is 6.02. The van der Waals surface area contributed by atoms with E-state index in [1.54, 1.807) is 10.6 Å². The Kier molecular flexibility index (Phi) is 5.08. The van der Waals surface area contributed by atoms with Gasteiger partial charge in [-0.2, -0.15) is 5.10 Å². The van der Waals surface area contributed by atoms with Gasteiger partial charge in [0.25, 0.3) is 5.56 Å². The smallest absolute Gasteiger partial charge is 0.268 e. The Morgan fingerprint density at radius 3 is 2.93 bits per heavy atom. The fourth-order valence-corrected chi connectivity index (χ4v) is 4.34. The van der Waals surface area contributed by atoms with Crippen LogP contribution in [0.3, 0.4) is 0 Å². The first-order valence-corrected chi connectivity index (χ1v) is 10.3. The second kappa shape index (κ2) is 7.50. The molecule has 136 valence electrons. The van der Waals surface area contributed by atoms with Crippen molar-refractivity contribution in [3.05, 3.63) is 79.6 Å². The number of hydrogen-bond acceptors (Lipinski definition) is 4. The first kappa shape index (κ1) is 18.3. The highest BCUT2D eigenvalue weighted by Gasteiger charge is 2.16. The number of halogens is 2. The lowest BCUT2D eigenvalue weighted by Gasteiger charge is -2.14. The van der Waals surface area contributed by atoms with Crippen molar-refractivity contribution in [2.45, 2.75) is 17.8 Å². The average molecular weight is 462 g/mol. The van der Waals surface area contributed by atoms with Crippen LogP contribution in [0.2, 0.25) is 5.02 Å². The van der Waals surface area contributed by atoms with Crippen molar-refractivity contribution in [1.29, 1.82) is 0 Å². The molecule has 0 radical (unpaired) electrons. The number of rotatable bonds is 4. The zero-order valence-corrected chi connectivity index (χ0v) is 17.4. The predicted molar refractivity (Wildman–Crippen MR) is 113 cm³/mol. The summed E-state index contributed by atoms with van der Waals surface area (Å²) in [7, 11) is 0. The molecule has 0 fully saturated rings. The van der Waals surface area contributed by atoms with Gasteiger partial charge >= 0.3 is 0 Å². The molecule has 0 saturated heterocycles. The molecule has 0 unspecified atom stereocenters. The highest BCUT2D eigenvalue weighted by Crippen LogP contribution is 2.27. The summed E-state index contributed by atoms with van der Waals surface area (Å²) in [5, 5.41) is 8.36. The first-order chi connectivity index (χ1) is 13.0. The Balaban J connectivity index is 1.85. The Labute approximate surface area is 172 Å². The largest absolute Gasteiger partial charge is 0.269 e. The molecule has 2 heterocycles. The van der Waals surface area contributed by atoms with Crippen LogP contribution < -0.4 is 5.56 Å². The van der Waals surface area contributed by atoms with Crippen LogP contribution in [-0.2, 0) is 5.75 Å². The van der Waals surface area contributed by atoms with Crippen LogP contribution in [0.25, 0.3) is 16.7 Å². The minimum Gasteiger partial charge on any atom is -0.268 e. The normalized spacial score (nSPS) is 11.2. The molecule has 0 spiro atoms. The molecule has 0 aliphatic rings. The van der Waals surface area contributed by atoms with E-state index in [1.165, 1.54) is 18.0 Å². The fraction of sp³-hybridized carbons (Fsp3) is 0.105. The zero-order valence-electron chi connectivity index (χ0n) is 14.2. The predicted octanol–water partition coefficient (Wildman–Crippen LogP) is 5.13. The van der Waals surface area contributed by atoms with Crippen LogP contribution in [0, 0.1) is 6.92 Å². The van der Waals surface area contributed by atoms with E-state index in [9.17, 15) is 4.79 Å². The van der Waals surface area contributed by atoms with Crippen LogP contribution in [0.5, 0.6) is 0 Å². The molecule has 0 atom stereocenters. The number of aryl methyl sites for hydroxylation is 1. The third-order valence-corrected chi connectivity index (χ3v) is 5.86. The van der Waals surface area contributed by atoms with E-state index in [1.807, 2.05) is 37.3 Å². The number of fused-ring (bicyclic) bond motifs is 1. The molecule has 0 amide bonds. The van der Waals surface area contributed by atoms with Gasteiger partial charge in [-0.15, -0.1) is 0 Å². The third kappa shape index (κ3) is 3.67. The summed E-state index contributed by atoms with van der Waals surface area (Å²) in [4.78, 5) is 17.8. The van der Waals surface area contributed by atoms with Gasteiger partial charge in [0.15, 0.2) is 10.8 Å². The Hall–Kier alpha value is -2.09. The van der Waals surface area contributed by atoms with Crippen molar-refractivity contribution in [2.75, 3.05) is 0 Å². The summed E-state index contributed by atoms with van der Waals surface area (Å²) in [6.45, 7) is 1.94. The molecule has 27 heavy (non-hydrogen) atoms. The molecule has 5 nitrogen and oxygen atoms in total. The lowest BCUT2D eigenvalue weighted by molar-refractivity contribution is 0.811. The van der Waals surface area contributed by atoms with Crippen molar-refractivity contribution in [1.82, 2.24) is 19.7 Å². The Bertz CT molecular complexity index is 1200. The maximum atomic E-state index is 13.1. The van der Waals surface area contributed by atoms with Gasteiger partial charge < -0.3 is 0 Å². The van der Waals surface area contributed by atoms with Crippen LogP contribution in [0.1, 0.15) is 11.1 Å². The average Bonchev–Trinajstić information content (AvgIpc) is 3.11. The van der Waals surface area contributed by atoms with Gasteiger partial charge in [-0.05, 0) is 42.3 Å². The summed E-state index contributed by atoms with van der Waals surface area (Å²) < 4.78 is 2.63. The molecule has 2 aromatic heterocycles. The molecule has 8 heteroatoms. The Morgan fingerprint density at radius 2 is 2.11 bits per heavy atom. The molecule has 0 aliphatic heterocycles. The van der Waals surface area contributed by atoms with E-state index >= 15 is 0 Å². The summed E-state index contributed by atoms with van der Waals surface area (Å²) in [5.74, 6) is 0.672. The molecule has 1 N–H and O–H groups in total. The second-order valence-corrected chi connectivity index (χ2v) is 8.31. The first-order valence-electron chi connectivity index (χ1n) is 8.13. The van der Waals surface area contributed by atoms with E-state index in [4.69, 9.17) is 11.6 Å². The molecule has 4 rings (SSSR count). The van der Waals surface area contributed by atoms with Gasteiger partial charge in [0.05, 0.1) is 11.9 Å². The topological polar surface area (TPSA) is 63.6 Å². The number of benzene rings is 2. The van der Waals surface area contributed by atoms with Gasteiger partial charge in [0.1, 0.15) is 5.39 Å². The molecule has 0 bridgehead atoms. The maximum absolute atomic E-state index is 13.1. The number of H-pyrrole nitrogens is 1. The molecular weight excluding hydrogens is 448 g/mol. The van der Waals surface area contributed by atoms with E-state index in [0.29, 0.717) is 27.0 Å². The molecule has 4 aromatic rings. The number of thioether (sulfide) groups is 1. The van der Waals surface area contributed by atoms with Crippen LogP contribution in [0.15, 0.2) is 63.1 Å². The maximum Gasteiger partial charge on any atom is 0.269 e. The monoisotopic (exact) mass is 460 g/mol. The fourth-order valence-electron chi connectivity index (χ4n) is 2.78. The summed E-state index contributed by atoms with van der Waals surface area (Å²) in [6.07, 6.45) is 1.50. The number of hydrogen-bond donors (Lipinski definition) is 1. The SMILES string of the molecule is Cc1ccc(Cl)cc1-n1c(SCc2cccc(Br)c2)nc2[nH]ncc2c1=O. The van der Waals surface area contributed by atoms with Crippen molar-refractivity contribution in [2.24, 2.45) is 0 Å². The lowest BCUT2D eigenvalue weighted by atomic mass is 10.2. The lowest BCUT2D eigenvalue weighted by Crippen LogP contribution is -2.22. The van der Waals surface area contributed by atoms with Crippen LogP contribution >= 0.6 is 39.3 Å². The van der Waals surface area contributed by atoms with Gasteiger partial charge in [-0.1, -0.05) is 57.5 Å². The molecule has 0 saturated carbocycles. The van der Waals surface area contributed by atoms with Gasteiger partial charge in [-0.3, -0.25) is 14.5 Å². The highest BCUT2D eigenvalue weighted by molar-refractivity contribution is 9.10. The minimum atomic E-state index is -0.171. The molecule has 2 aromatic carbocycles. The molecular formula is C19H14BrClN4OS. The summed E-state index contributed by atoms with van der Waals surface area (Å²) in [6, 6.07) is 13.5. The van der Waals surface area contributed by atoms with Crippen LogP contribution in [-0.4, -0.2) is 19.7 Å². The summed E-state index contributed by atoms with van der Waals surface area (Å²) in [5.41, 5.74) is 3.10.